The molecule has 69 valence electrons. The maximum absolute atomic E-state index is 3.25. The smallest absolute Gasteiger partial charge is 1.00 e. The first-order valence-electron chi connectivity index (χ1n) is 2.12. The van der Waals surface area contributed by atoms with Crippen LogP contribution in [0.15, 0.2) is 0 Å². The van der Waals surface area contributed by atoms with E-state index in [0.29, 0.717) is 0 Å². The van der Waals surface area contributed by atoms with Crippen LogP contribution in [0.1, 0.15) is 20.8 Å². The van der Waals surface area contributed by atoms with Gasteiger partial charge in [0, 0.05) is 0 Å². The molecule has 1 radical (unpaired) electrons. The average molecular weight is 271 g/mol. The van der Waals surface area contributed by atoms with Crippen molar-refractivity contribution in [3.05, 3.63) is 20.8 Å². The van der Waals surface area contributed by atoms with Crippen LogP contribution in [0.3, 0.4) is 0 Å². The fraction of sp³-hybridized carbons (Fsp3) is 0.500. The summed E-state index contributed by atoms with van der Waals surface area (Å²) in [5.74, 6) is 0. The Hall–Kier alpha value is 1.99. The predicted octanol–water partition coefficient (Wildman–Crippen LogP) is -6.85. The van der Waals surface area contributed by atoms with Gasteiger partial charge in [0.15, 0.2) is 0 Å². The Morgan fingerprint density at radius 2 is 0.545 bits per heavy atom. The van der Waals surface area contributed by atoms with E-state index in [1.165, 1.54) is 0 Å². The van der Waals surface area contributed by atoms with Crippen LogP contribution in [-0.4, -0.2) is 17.4 Å². The summed E-state index contributed by atoms with van der Waals surface area (Å²) in [5.41, 5.74) is 0. The van der Waals surface area contributed by atoms with E-state index >= 15 is 0 Å². The monoisotopic (exact) mass is 270 g/mol. The molecule has 0 aliphatic rings. The van der Waals surface area contributed by atoms with Crippen molar-refractivity contribution in [3.63, 3.8) is 0 Å². The van der Waals surface area contributed by atoms with Gasteiger partial charge in [0.2, 0.25) is 0 Å². The van der Waals surface area contributed by atoms with E-state index in [-0.39, 0.29) is 73.1 Å². The fourth-order valence-electron chi connectivity index (χ4n) is 0. The maximum atomic E-state index is 3.25. The summed E-state index contributed by atoms with van der Waals surface area (Å²) in [6.07, 6.45) is 0. The Morgan fingerprint density at radius 1 is 0.545 bits per heavy atom. The molecule has 0 amide bonds. The molecule has 0 rings (SSSR count). The van der Waals surface area contributed by atoms with E-state index in [0.717, 1.165) is 0 Å². The molecule has 5 heteroatoms. The van der Waals surface area contributed by atoms with Gasteiger partial charge in [0.25, 0.3) is 0 Å². The third-order valence-electron chi connectivity index (χ3n) is 0. The molecule has 0 nitrogen and oxygen atoms in total. The van der Waals surface area contributed by atoms with Crippen molar-refractivity contribution >= 4 is 17.4 Å². The fourth-order valence-corrected chi connectivity index (χ4v) is 0. The molecule has 0 aromatic rings. The van der Waals surface area contributed by atoms with Gasteiger partial charge in [-0.2, -0.15) is 20.8 Å². The van der Waals surface area contributed by atoms with Crippen LogP contribution in [0.2, 0.25) is 0 Å². The SMILES string of the molecule is [Al+3].[CH2-]C.[CH2-]C.[CH2-]C.[Cl-].[Cl-].[Cl-].[V+2]. The summed E-state index contributed by atoms with van der Waals surface area (Å²) >= 11 is 0. The van der Waals surface area contributed by atoms with Gasteiger partial charge in [-0.25, -0.2) is 0 Å². The molecule has 0 aliphatic carbocycles. The van der Waals surface area contributed by atoms with Crippen molar-refractivity contribution in [2.75, 3.05) is 0 Å². The molecule has 0 N–H and O–H groups in total. The zero-order valence-corrected chi connectivity index (χ0v) is 12.1. The van der Waals surface area contributed by atoms with Gasteiger partial charge in [-0.15, -0.1) is 0 Å². The first-order valence-corrected chi connectivity index (χ1v) is 2.12. The molecule has 11 heavy (non-hydrogen) atoms. The van der Waals surface area contributed by atoms with Gasteiger partial charge in [-0.1, -0.05) is 0 Å². The summed E-state index contributed by atoms with van der Waals surface area (Å²) in [6.45, 7) is 15.0. The van der Waals surface area contributed by atoms with E-state index in [9.17, 15) is 0 Å². The first kappa shape index (κ1) is 75.0. The summed E-state index contributed by atoms with van der Waals surface area (Å²) in [5, 5.41) is 0. The molecular weight excluding hydrogens is 256 g/mol. The summed E-state index contributed by atoms with van der Waals surface area (Å²) < 4.78 is 0. The largest absolute Gasteiger partial charge is 3.00 e. The van der Waals surface area contributed by atoms with Crippen molar-refractivity contribution in [3.8, 4) is 0 Å². The topological polar surface area (TPSA) is 0 Å². The van der Waals surface area contributed by atoms with Crippen molar-refractivity contribution in [2.45, 2.75) is 20.8 Å². The second kappa shape index (κ2) is 367. The van der Waals surface area contributed by atoms with Gasteiger partial charge in [-0.05, 0) is 0 Å². The summed E-state index contributed by atoms with van der Waals surface area (Å²) in [7, 11) is 0. The average Bonchev–Trinajstić information content (AvgIpc) is 1.81. The second-order valence-electron chi connectivity index (χ2n) is 0. The maximum Gasteiger partial charge on any atom is 3.00 e. The molecule has 0 aliphatic heterocycles. The molecule has 0 saturated heterocycles. The molecule has 0 bridgehead atoms. The number of rotatable bonds is 0. The van der Waals surface area contributed by atoms with Crippen LogP contribution in [0.5, 0.6) is 0 Å². The summed E-state index contributed by atoms with van der Waals surface area (Å²) in [4.78, 5) is 0. The normalized spacial score (nSPS) is 1.64. The Morgan fingerprint density at radius 3 is 0.545 bits per heavy atom. The number of hydrogen-bond acceptors (Lipinski definition) is 0. The Kier molecular flexibility index (Phi) is 2500. The molecular formula is C6H15AlCl3V-. The molecule has 0 spiro atoms. The molecule has 0 heterocycles. The zero-order chi connectivity index (χ0) is 6.00. The molecule has 0 aromatic heterocycles. The van der Waals surface area contributed by atoms with Crippen LogP contribution in [0, 0.1) is 20.8 Å². The van der Waals surface area contributed by atoms with Crippen molar-refractivity contribution in [1.82, 2.24) is 0 Å². The van der Waals surface area contributed by atoms with E-state index in [4.69, 9.17) is 0 Å². The van der Waals surface area contributed by atoms with Crippen LogP contribution in [0.4, 0.5) is 0 Å². The van der Waals surface area contributed by atoms with Crippen LogP contribution >= 0.6 is 0 Å². The minimum atomic E-state index is 0. The molecule has 0 atom stereocenters. The first-order chi connectivity index (χ1) is 3.00. The molecule has 0 aromatic carbocycles. The Balaban J connectivity index is -0.00000000167. The minimum absolute atomic E-state index is 0. The zero-order valence-electron chi connectivity index (χ0n) is 7.28. The van der Waals surface area contributed by atoms with Gasteiger partial charge in [0.05, 0.1) is 0 Å². The van der Waals surface area contributed by atoms with Gasteiger partial charge in [-0.3, -0.25) is 0 Å². The number of hydrogen-bond donors (Lipinski definition) is 0. The molecule has 0 fully saturated rings. The summed E-state index contributed by atoms with van der Waals surface area (Å²) in [6, 6.07) is 0. The second-order valence-corrected chi connectivity index (χ2v) is 0. The molecule has 0 unspecified atom stereocenters. The van der Waals surface area contributed by atoms with Gasteiger partial charge < -0.3 is 58.0 Å². The van der Waals surface area contributed by atoms with Crippen LogP contribution in [-0.2, 0) is 18.6 Å². The van der Waals surface area contributed by atoms with Crippen molar-refractivity contribution < 1.29 is 55.8 Å². The van der Waals surface area contributed by atoms with Crippen molar-refractivity contribution in [2.24, 2.45) is 0 Å². The third-order valence-corrected chi connectivity index (χ3v) is 0. The minimum Gasteiger partial charge on any atom is -1.00 e. The number of halogens is 3. The van der Waals surface area contributed by atoms with Crippen LogP contribution < -0.4 is 37.2 Å². The quantitative estimate of drug-likeness (QED) is 0.304. The van der Waals surface area contributed by atoms with Gasteiger partial charge in [0.1, 0.15) is 0 Å². The molecule has 0 saturated carbocycles. The van der Waals surface area contributed by atoms with E-state index in [1.54, 1.807) is 20.8 Å². The Bertz CT molecular complexity index is 17.8. The van der Waals surface area contributed by atoms with Gasteiger partial charge >= 0.3 is 35.9 Å². The van der Waals surface area contributed by atoms with E-state index < -0.39 is 0 Å². The third kappa shape index (κ3) is 303. The van der Waals surface area contributed by atoms with Crippen LogP contribution in [0.25, 0.3) is 0 Å². The Labute approximate surface area is 114 Å². The van der Waals surface area contributed by atoms with Crippen molar-refractivity contribution in [1.29, 1.82) is 0 Å². The standard InChI is InChI=1S/3C2H5.Al.3ClH.V/c3*1-2;;;;;/h3*1H2,2H3;;3*1H;/q3*-1;+3;;;;+2/p-3. The van der Waals surface area contributed by atoms with E-state index in [2.05, 4.69) is 20.8 Å². The van der Waals surface area contributed by atoms with E-state index in [1.807, 2.05) is 0 Å². The predicted molar refractivity (Wildman–Crippen MR) is 38.8 cm³/mol.